The molecule has 2 aromatic rings. The van der Waals surface area contributed by atoms with Crippen LogP contribution < -0.4 is 9.64 Å². The minimum atomic E-state index is -0.0590. The highest BCUT2D eigenvalue weighted by atomic mass is 32.1. The average Bonchev–Trinajstić information content (AvgIpc) is 3.15. The summed E-state index contributed by atoms with van der Waals surface area (Å²) in [6.07, 6.45) is 2.61. The number of para-hydroxylation sites is 1. The van der Waals surface area contributed by atoms with E-state index in [4.69, 9.17) is 4.74 Å². The van der Waals surface area contributed by atoms with Gasteiger partial charge < -0.3 is 14.5 Å². The summed E-state index contributed by atoms with van der Waals surface area (Å²) in [5.74, 6) is 1.08. The van der Waals surface area contributed by atoms with Crippen LogP contribution in [0.3, 0.4) is 0 Å². The third-order valence-electron chi connectivity index (χ3n) is 4.51. The summed E-state index contributed by atoms with van der Waals surface area (Å²) in [7, 11) is 0. The quantitative estimate of drug-likeness (QED) is 0.846. The molecular formula is C17H19N3O2S. The second kappa shape index (κ2) is 6.20. The molecule has 6 heteroatoms. The van der Waals surface area contributed by atoms with Crippen molar-refractivity contribution in [3.05, 3.63) is 41.4 Å². The lowest BCUT2D eigenvalue weighted by molar-refractivity contribution is -0.137. The molecule has 4 rings (SSSR count). The van der Waals surface area contributed by atoms with Gasteiger partial charge in [-0.25, -0.2) is 4.98 Å². The van der Waals surface area contributed by atoms with Gasteiger partial charge in [-0.2, -0.15) is 0 Å². The Morgan fingerprint density at radius 1 is 1.22 bits per heavy atom. The molecule has 0 aliphatic carbocycles. The molecule has 1 saturated heterocycles. The predicted molar refractivity (Wildman–Crippen MR) is 90.0 cm³/mol. The minimum absolute atomic E-state index is 0.0590. The number of hydrogen-bond acceptors (Lipinski definition) is 5. The van der Waals surface area contributed by atoms with Crippen LogP contribution in [0.25, 0.3) is 0 Å². The van der Waals surface area contributed by atoms with Crippen molar-refractivity contribution in [2.45, 2.75) is 6.42 Å². The largest absolute Gasteiger partial charge is 0.492 e. The predicted octanol–water partition coefficient (Wildman–Crippen LogP) is 2.04. The summed E-state index contributed by atoms with van der Waals surface area (Å²) in [6.45, 7) is 3.71. The number of benzene rings is 1. The highest BCUT2D eigenvalue weighted by Crippen LogP contribution is 2.28. The molecule has 120 valence electrons. The summed E-state index contributed by atoms with van der Waals surface area (Å²) in [5, 5.41) is 3.04. The maximum absolute atomic E-state index is 12.8. The lowest BCUT2D eigenvalue weighted by Crippen LogP contribution is -2.51. The van der Waals surface area contributed by atoms with Gasteiger partial charge in [-0.3, -0.25) is 4.79 Å². The van der Waals surface area contributed by atoms with Crippen molar-refractivity contribution in [1.29, 1.82) is 0 Å². The van der Waals surface area contributed by atoms with E-state index in [0.717, 1.165) is 49.0 Å². The maximum Gasteiger partial charge on any atom is 0.229 e. The molecular weight excluding hydrogens is 310 g/mol. The summed E-state index contributed by atoms with van der Waals surface area (Å²) in [5.41, 5.74) is 1.14. The lowest BCUT2D eigenvalue weighted by Gasteiger charge is -2.37. The first-order valence-electron chi connectivity index (χ1n) is 7.95. The number of rotatable bonds is 2. The van der Waals surface area contributed by atoms with E-state index in [2.05, 4.69) is 16.0 Å². The summed E-state index contributed by atoms with van der Waals surface area (Å²) in [4.78, 5) is 21.3. The van der Waals surface area contributed by atoms with Crippen LogP contribution in [-0.4, -0.2) is 48.6 Å². The maximum atomic E-state index is 12.8. The number of fused-ring (bicyclic) bond motifs is 1. The van der Waals surface area contributed by atoms with Gasteiger partial charge in [0.1, 0.15) is 12.4 Å². The van der Waals surface area contributed by atoms with Crippen molar-refractivity contribution in [3.63, 3.8) is 0 Å². The van der Waals surface area contributed by atoms with E-state index in [0.29, 0.717) is 6.61 Å². The number of carbonyl (C=O) groups excluding carboxylic acids is 1. The number of anilines is 1. The smallest absolute Gasteiger partial charge is 0.229 e. The SMILES string of the molecule is O=C([C@@H]1COc2ccccc2C1)N1CCN(c2nccs2)CC1. The molecule has 0 N–H and O–H groups in total. The Balaban J connectivity index is 1.37. The van der Waals surface area contributed by atoms with E-state index < -0.39 is 0 Å². The first kappa shape index (κ1) is 14.5. The van der Waals surface area contributed by atoms with Crippen molar-refractivity contribution in [3.8, 4) is 5.75 Å². The molecule has 23 heavy (non-hydrogen) atoms. The Hall–Kier alpha value is -2.08. The van der Waals surface area contributed by atoms with Crippen LogP contribution in [0.5, 0.6) is 5.75 Å². The van der Waals surface area contributed by atoms with Crippen molar-refractivity contribution in [2.75, 3.05) is 37.7 Å². The Morgan fingerprint density at radius 2 is 2.04 bits per heavy atom. The molecule has 1 atom stereocenters. The van der Waals surface area contributed by atoms with Gasteiger partial charge in [0.25, 0.3) is 0 Å². The van der Waals surface area contributed by atoms with Gasteiger partial charge in [0.15, 0.2) is 5.13 Å². The van der Waals surface area contributed by atoms with Crippen LogP contribution in [0.2, 0.25) is 0 Å². The van der Waals surface area contributed by atoms with E-state index in [-0.39, 0.29) is 11.8 Å². The minimum Gasteiger partial charge on any atom is -0.492 e. The monoisotopic (exact) mass is 329 g/mol. The molecule has 5 nitrogen and oxygen atoms in total. The van der Waals surface area contributed by atoms with Gasteiger partial charge in [0.2, 0.25) is 5.91 Å². The molecule has 0 bridgehead atoms. The molecule has 0 spiro atoms. The Morgan fingerprint density at radius 3 is 2.83 bits per heavy atom. The van der Waals surface area contributed by atoms with E-state index in [1.165, 1.54) is 0 Å². The number of ether oxygens (including phenoxy) is 1. The molecule has 3 heterocycles. The van der Waals surface area contributed by atoms with Crippen LogP contribution in [0, 0.1) is 5.92 Å². The van der Waals surface area contributed by atoms with E-state index in [9.17, 15) is 4.79 Å². The van der Waals surface area contributed by atoms with Crippen molar-refractivity contribution < 1.29 is 9.53 Å². The fraction of sp³-hybridized carbons (Fsp3) is 0.412. The first-order chi connectivity index (χ1) is 11.3. The molecule has 1 aromatic heterocycles. The molecule has 1 amide bonds. The zero-order chi connectivity index (χ0) is 15.6. The van der Waals surface area contributed by atoms with Gasteiger partial charge in [-0.15, -0.1) is 11.3 Å². The summed E-state index contributed by atoms with van der Waals surface area (Å²) < 4.78 is 5.76. The number of piperazine rings is 1. The highest BCUT2D eigenvalue weighted by Gasteiger charge is 2.31. The van der Waals surface area contributed by atoms with Gasteiger partial charge in [0.05, 0.1) is 5.92 Å². The lowest BCUT2D eigenvalue weighted by atomic mass is 9.95. The topological polar surface area (TPSA) is 45.7 Å². The molecule has 1 fully saturated rings. The van der Waals surface area contributed by atoms with E-state index in [1.54, 1.807) is 11.3 Å². The standard InChI is InChI=1S/C17H19N3O2S/c21-16(14-11-13-3-1-2-4-15(13)22-12-14)19-6-8-20(9-7-19)17-18-5-10-23-17/h1-5,10,14H,6-9,11-12H2/t14-/m0/s1. The molecule has 2 aliphatic heterocycles. The van der Waals surface area contributed by atoms with Gasteiger partial charge >= 0.3 is 0 Å². The van der Waals surface area contributed by atoms with Crippen LogP contribution in [0.1, 0.15) is 5.56 Å². The molecule has 0 radical (unpaired) electrons. The number of thiazole rings is 1. The van der Waals surface area contributed by atoms with Crippen LogP contribution in [0.15, 0.2) is 35.8 Å². The second-order valence-corrected chi connectivity index (χ2v) is 6.82. The van der Waals surface area contributed by atoms with Crippen molar-refractivity contribution in [2.24, 2.45) is 5.92 Å². The van der Waals surface area contributed by atoms with Gasteiger partial charge in [0, 0.05) is 37.8 Å². The van der Waals surface area contributed by atoms with E-state index >= 15 is 0 Å². The van der Waals surface area contributed by atoms with Gasteiger partial charge in [-0.05, 0) is 18.1 Å². The average molecular weight is 329 g/mol. The van der Waals surface area contributed by atoms with Gasteiger partial charge in [-0.1, -0.05) is 18.2 Å². The highest BCUT2D eigenvalue weighted by molar-refractivity contribution is 7.13. The Labute approximate surface area is 139 Å². The Bertz CT molecular complexity index is 681. The zero-order valence-corrected chi connectivity index (χ0v) is 13.7. The third kappa shape index (κ3) is 2.91. The molecule has 2 aliphatic rings. The normalized spacial score (nSPS) is 20.8. The summed E-state index contributed by atoms with van der Waals surface area (Å²) in [6, 6.07) is 8.00. The fourth-order valence-electron chi connectivity index (χ4n) is 3.24. The van der Waals surface area contributed by atoms with Crippen LogP contribution in [-0.2, 0) is 11.2 Å². The number of hydrogen-bond donors (Lipinski definition) is 0. The Kier molecular flexibility index (Phi) is 3.91. The molecule has 1 aromatic carbocycles. The molecule has 0 saturated carbocycles. The number of carbonyl (C=O) groups is 1. The molecule has 0 unspecified atom stereocenters. The number of nitrogens with zero attached hydrogens (tertiary/aromatic N) is 3. The van der Waals surface area contributed by atoms with E-state index in [1.807, 2.05) is 34.7 Å². The van der Waals surface area contributed by atoms with Crippen LogP contribution in [0.4, 0.5) is 5.13 Å². The zero-order valence-electron chi connectivity index (χ0n) is 12.9. The second-order valence-electron chi connectivity index (χ2n) is 5.95. The number of aromatic nitrogens is 1. The first-order valence-corrected chi connectivity index (χ1v) is 8.83. The fourth-order valence-corrected chi connectivity index (χ4v) is 3.93. The third-order valence-corrected chi connectivity index (χ3v) is 5.34. The van der Waals surface area contributed by atoms with Crippen molar-refractivity contribution in [1.82, 2.24) is 9.88 Å². The van der Waals surface area contributed by atoms with Crippen molar-refractivity contribution >= 4 is 22.4 Å². The van der Waals surface area contributed by atoms with Crippen LogP contribution >= 0.6 is 11.3 Å². The summed E-state index contributed by atoms with van der Waals surface area (Å²) >= 11 is 1.65. The number of amides is 1.